The van der Waals surface area contributed by atoms with E-state index in [9.17, 15) is 18.4 Å². The number of carbonyl (C=O) groups is 2. The SMILES string of the molecule is CN(CC(=O)Nc1ncc2cn[nH]c2n1)C(=O)c1ccc(Br)cc1C1CC1(F)F. The summed E-state index contributed by atoms with van der Waals surface area (Å²) in [7, 11) is 1.43. The fraction of sp³-hybridized carbons (Fsp3) is 0.278. The number of nitrogens with zero attached hydrogens (tertiary/aromatic N) is 4. The van der Waals surface area contributed by atoms with Gasteiger partial charge in [0.15, 0.2) is 5.65 Å². The molecule has 1 atom stereocenters. The van der Waals surface area contributed by atoms with Crippen molar-refractivity contribution in [3.63, 3.8) is 0 Å². The zero-order valence-electron chi connectivity index (χ0n) is 15.1. The summed E-state index contributed by atoms with van der Waals surface area (Å²) in [5, 5.41) is 9.68. The van der Waals surface area contributed by atoms with E-state index in [2.05, 4.69) is 41.4 Å². The molecule has 0 bridgehead atoms. The number of H-pyrrole nitrogens is 1. The molecule has 2 aromatic heterocycles. The van der Waals surface area contributed by atoms with E-state index in [1.165, 1.54) is 25.4 Å². The minimum Gasteiger partial charge on any atom is -0.332 e. The molecule has 29 heavy (non-hydrogen) atoms. The number of aromatic amines is 1. The minimum atomic E-state index is -2.81. The molecule has 8 nitrogen and oxygen atoms in total. The smallest absolute Gasteiger partial charge is 0.255 e. The molecule has 3 aromatic rings. The van der Waals surface area contributed by atoms with Gasteiger partial charge in [0.05, 0.1) is 24.0 Å². The second-order valence-electron chi connectivity index (χ2n) is 6.83. The highest BCUT2D eigenvalue weighted by atomic mass is 79.9. The van der Waals surface area contributed by atoms with Gasteiger partial charge in [0.2, 0.25) is 11.9 Å². The molecule has 1 aliphatic rings. The number of hydrogen-bond donors (Lipinski definition) is 2. The number of rotatable bonds is 5. The maximum Gasteiger partial charge on any atom is 0.255 e. The van der Waals surface area contributed by atoms with E-state index in [0.717, 1.165) is 4.90 Å². The van der Waals surface area contributed by atoms with Crippen molar-refractivity contribution in [2.75, 3.05) is 18.9 Å². The third-order valence-corrected chi connectivity index (χ3v) is 5.11. The Morgan fingerprint density at radius 3 is 2.86 bits per heavy atom. The van der Waals surface area contributed by atoms with E-state index >= 15 is 0 Å². The van der Waals surface area contributed by atoms with Crippen molar-refractivity contribution in [2.45, 2.75) is 18.3 Å². The number of anilines is 1. The Labute approximate surface area is 171 Å². The summed E-state index contributed by atoms with van der Waals surface area (Å²) >= 11 is 3.25. The highest BCUT2D eigenvalue weighted by Gasteiger charge is 2.58. The third kappa shape index (κ3) is 3.95. The predicted molar refractivity (Wildman–Crippen MR) is 104 cm³/mol. The molecule has 4 rings (SSSR count). The Kier molecular flexibility index (Phi) is 4.77. The van der Waals surface area contributed by atoms with E-state index in [1.807, 2.05) is 0 Å². The Morgan fingerprint density at radius 2 is 2.14 bits per heavy atom. The molecule has 1 unspecified atom stereocenters. The molecule has 2 N–H and O–H groups in total. The van der Waals surface area contributed by atoms with Crippen LogP contribution in [0.4, 0.5) is 14.7 Å². The molecule has 2 amide bonds. The number of halogens is 3. The largest absolute Gasteiger partial charge is 0.332 e. The van der Waals surface area contributed by atoms with Gasteiger partial charge >= 0.3 is 0 Å². The quantitative estimate of drug-likeness (QED) is 0.603. The van der Waals surface area contributed by atoms with Crippen LogP contribution in [-0.4, -0.2) is 56.4 Å². The number of aromatic nitrogens is 4. The molecular formula is C18H15BrF2N6O2. The van der Waals surface area contributed by atoms with Gasteiger partial charge in [0.25, 0.3) is 11.8 Å². The number of amides is 2. The van der Waals surface area contributed by atoms with E-state index in [0.29, 0.717) is 15.5 Å². The molecule has 1 aliphatic carbocycles. The zero-order valence-corrected chi connectivity index (χ0v) is 16.7. The van der Waals surface area contributed by atoms with Crippen molar-refractivity contribution < 1.29 is 18.4 Å². The van der Waals surface area contributed by atoms with Crippen molar-refractivity contribution in [3.8, 4) is 0 Å². The Balaban J connectivity index is 1.46. The third-order valence-electron chi connectivity index (χ3n) is 4.62. The summed E-state index contributed by atoms with van der Waals surface area (Å²) < 4.78 is 27.8. The molecule has 0 saturated heterocycles. The van der Waals surface area contributed by atoms with Crippen LogP contribution in [0.25, 0.3) is 11.0 Å². The summed E-state index contributed by atoms with van der Waals surface area (Å²) in [5.41, 5.74) is 0.889. The number of alkyl halides is 2. The average Bonchev–Trinajstić information content (AvgIpc) is 3.08. The van der Waals surface area contributed by atoms with Crippen LogP contribution in [0, 0.1) is 0 Å². The number of benzene rings is 1. The van der Waals surface area contributed by atoms with Gasteiger partial charge in [-0.3, -0.25) is 20.0 Å². The van der Waals surface area contributed by atoms with Crippen molar-refractivity contribution in [2.24, 2.45) is 0 Å². The summed E-state index contributed by atoms with van der Waals surface area (Å²) in [5.74, 6) is -4.77. The maximum absolute atomic E-state index is 13.6. The van der Waals surface area contributed by atoms with Crippen molar-refractivity contribution in [3.05, 3.63) is 46.2 Å². The summed E-state index contributed by atoms with van der Waals surface area (Å²) in [6.07, 6.45) is 2.76. The number of nitrogens with one attached hydrogen (secondary N) is 2. The van der Waals surface area contributed by atoms with Gasteiger partial charge in [-0.05, 0) is 23.8 Å². The lowest BCUT2D eigenvalue weighted by Gasteiger charge is -2.19. The number of fused-ring (bicyclic) bond motifs is 1. The fourth-order valence-electron chi connectivity index (χ4n) is 3.02. The van der Waals surface area contributed by atoms with Crippen LogP contribution in [0.3, 0.4) is 0 Å². The lowest BCUT2D eigenvalue weighted by atomic mass is 10.0. The number of likely N-dealkylation sites (N-methyl/N-ethyl adjacent to an activating group) is 1. The lowest BCUT2D eigenvalue weighted by molar-refractivity contribution is -0.116. The monoisotopic (exact) mass is 464 g/mol. The van der Waals surface area contributed by atoms with Crippen molar-refractivity contribution in [1.29, 1.82) is 0 Å². The molecule has 1 aromatic carbocycles. The first-order valence-electron chi connectivity index (χ1n) is 8.63. The highest BCUT2D eigenvalue weighted by Crippen LogP contribution is 2.56. The first-order chi connectivity index (χ1) is 13.7. The van der Waals surface area contributed by atoms with Gasteiger partial charge in [-0.2, -0.15) is 10.1 Å². The van der Waals surface area contributed by atoms with Gasteiger partial charge in [-0.1, -0.05) is 15.9 Å². The fourth-order valence-corrected chi connectivity index (χ4v) is 3.40. The summed E-state index contributed by atoms with van der Waals surface area (Å²) in [4.78, 5) is 34.3. The topological polar surface area (TPSA) is 104 Å². The van der Waals surface area contributed by atoms with E-state index in [1.54, 1.807) is 12.3 Å². The molecular weight excluding hydrogens is 450 g/mol. The maximum atomic E-state index is 13.6. The molecule has 11 heteroatoms. The van der Waals surface area contributed by atoms with Crippen LogP contribution in [0.2, 0.25) is 0 Å². The van der Waals surface area contributed by atoms with Crippen LogP contribution in [0.15, 0.2) is 35.1 Å². The van der Waals surface area contributed by atoms with Crippen LogP contribution in [-0.2, 0) is 4.79 Å². The van der Waals surface area contributed by atoms with E-state index in [4.69, 9.17) is 0 Å². The lowest BCUT2D eigenvalue weighted by Crippen LogP contribution is -2.35. The standard InChI is InChI=1S/C18H15BrF2N6O2/c1-27(8-14(28)24-17-22-6-9-7-23-26-15(9)25-17)16(29)11-3-2-10(19)4-12(11)13-5-18(13,20)21/h2-4,6-7,13H,5,8H2,1H3,(H2,22,23,24,25,26,28). The number of carbonyl (C=O) groups excluding carboxylic acids is 2. The first kappa shape index (κ1) is 19.4. The molecule has 0 radical (unpaired) electrons. The summed E-state index contributed by atoms with van der Waals surface area (Å²) in [6, 6.07) is 4.62. The molecule has 2 heterocycles. The van der Waals surface area contributed by atoms with Gasteiger partial charge in [0, 0.05) is 29.7 Å². The van der Waals surface area contributed by atoms with Gasteiger partial charge < -0.3 is 4.90 Å². The van der Waals surface area contributed by atoms with Gasteiger partial charge in [-0.25, -0.2) is 13.8 Å². The minimum absolute atomic E-state index is 0.0644. The van der Waals surface area contributed by atoms with Crippen molar-refractivity contribution >= 4 is 44.7 Å². The first-order valence-corrected chi connectivity index (χ1v) is 9.42. The Hall–Kier alpha value is -2.95. The van der Waals surface area contributed by atoms with E-state index < -0.39 is 23.7 Å². The van der Waals surface area contributed by atoms with Crippen LogP contribution in [0.1, 0.15) is 28.3 Å². The van der Waals surface area contributed by atoms with Gasteiger partial charge in [0.1, 0.15) is 0 Å². The Morgan fingerprint density at radius 1 is 1.38 bits per heavy atom. The van der Waals surface area contributed by atoms with Crippen LogP contribution >= 0.6 is 15.9 Å². The molecule has 1 saturated carbocycles. The zero-order chi connectivity index (χ0) is 20.8. The van der Waals surface area contributed by atoms with Gasteiger partial charge in [-0.15, -0.1) is 0 Å². The number of hydrogen-bond acceptors (Lipinski definition) is 5. The predicted octanol–water partition coefficient (Wildman–Crippen LogP) is 2.95. The average molecular weight is 465 g/mol. The van der Waals surface area contributed by atoms with Crippen molar-refractivity contribution in [1.82, 2.24) is 25.1 Å². The highest BCUT2D eigenvalue weighted by molar-refractivity contribution is 9.10. The Bertz CT molecular complexity index is 1120. The van der Waals surface area contributed by atoms with Crippen LogP contribution < -0.4 is 5.32 Å². The molecule has 150 valence electrons. The summed E-state index contributed by atoms with van der Waals surface area (Å²) in [6.45, 7) is -0.292. The molecule has 0 spiro atoms. The molecule has 1 fully saturated rings. The normalized spacial score (nSPS) is 17.2. The van der Waals surface area contributed by atoms with Crippen LogP contribution in [0.5, 0.6) is 0 Å². The second-order valence-corrected chi connectivity index (χ2v) is 7.74. The van der Waals surface area contributed by atoms with E-state index in [-0.39, 0.29) is 30.0 Å². The molecule has 0 aliphatic heterocycles. The second kappa shape index (κ2) is 7.14.